The first kappa shape index (κ1) is 26.0. The smallest absolute Gasteiger partial charge is 0.306 e. The molecule has 2 N–H and O–H groups in total. The van der Waals surface area contributed by atoms with Gasteiger partial charge in [0, 0.05) is 28.8 Å². The van der Waals surface area contributed by atoms with E-state index < -0.39 is 35.4 Å². The molecule has 0 aliphatic heterocycles. The topological polar surface area (TPSA) is 92.7 Å². The van der Waals surface area contributed by atoms with Crippen LogP contribution in [0.4, 0.5) is 8.78 Å². The van der Waals surface area contributed by atoms with Crippen LogP contribution in [0.2, 0.25) is 5.02 Å². The summed E-state index contributed by atoms with van der Waals surface area (Å²) in [7, 11) is 0. The number of fused-ring (bicyclic) bond motifs is 1. The Labute approximate surface area is 215 Å². The molecule has 190 valence electrons. The number of carboxylic acid groups (broad SMARTS) is 1. The van der Waals surface area contributed by atoms with Gasteiger partial charge in [-0.15, -0.1) is 11.3 Å². The van der Waals surface area contributed by atoms with Gasteiger partial charge in [-0.3, -0.25) is 14.4 Å². The first-order valence-corrected chi connectivity index (χ1v) is 12.8. The molecule has 6 nitrogen and oxygen atoms in total. The van der Waals surface area contributed by atoms with E-state index in [-0.39, 0.29) is 36.6 Å². The second-order valence-electron chi connectivity index (χ2n) is 8.77. The highest BCUT2D eigenvalue weighted by Gasteiger charge is 2.28. The summed E-state index contributed by atoms with van der Waals surface area (Å²) >= 11 is 7.28. The second-order valence-corrected chi connectivity index (χ2v) is 10.3. The number of carbonyl (C=O) groups excluding carboxylic acids is 2. The van der Waals surface area contributed by atoms with E-state index in [1.165, 1.54) is 11.3 Å². The fourth-order valence-corrected chi connectivity index (χ4v) is 5.48. The maximum absolute atomic E-state index is 14.6. The number of hydrogen-bond acceptors (Lipinski definition) is 5. The number of halogens is 3. The van der Waals surface area contributed by atoms with Gasteiger partial charge in [0.2, 0.25) is 0 Å². The third-order valence-electron chi connectivity index (χ3n) is 6.21. The average Bonchev–Trinajstić information content (AvgIpc) is 3.27. The predicted octanol–water partition coefficient (Wildman–Crippen LogP) is 6.25. The fraction of sp³-hybridized carbons (Fsp3) is 0.346. The average molecular weight is 536 g/mol. The number of ketones is 1. The van der Waals surface area contributed by atoms with Crippen molar-refractivity contribution in [2.24, 2.45) is 5.92 Å². The van der Waals surface area contributed by atoms with Crippen molar-refractivity contribution < 1.29 is 33.0 Å². The molecule has 36 heavy (non-hydrogen) atoms. The summed E-state index contributed by atoms with van der Waals surface area (Å²) < 4.78 is 35.6. The first-order valence-electron chi connectivity index (χ1n) is 11.6. The predicted molar refractivity (Wildman–Crippen MR) is 133 cm³/mol. The number of nitrogens with one attached hydrogen (secondary N) is 1. The Bertz CT molecular complexity index is 1300. The van der Waals surface area contributed by atoms with Crippen LogP contribution >= 0.6 is 22.9 Å². The largest absolute Gasteiger partial charge is 0.487 e. The second kappa shape index (κ2) is 11.3. The van der Waals surface area contributed by atoms with Crippen LogP contribution in [0.5, 0.6) is 5.75 Å². The molecule has 0 spiro atoms. The van der Waals surface area contributed by atoms with Crippen molar-refractivity contribution in [3.8, 4) is 5.75 Å². The van der Waals surface area contributed by atoms with Crippen LogP contribution in [-0.4, -0.2) is 35.4 Å². The monoisotopic (exact) mass is 535 g/mol. The number of amides is 1. The highest BCUT2D eigenvalue weighted by atomic mass is 35.5. The van der Waals surface area contributed by atoms with Crippen molar-refractivity contribution in [2.45, 2.75) is 44.6 Å². The number of aliphatic carboxylic acids is 1. The molecular weight excluding hydrogens is 512 g/mol. The molecule has 1 saturated carbocycles. The van der Waals surface area contributed by atoms with Crippen LogP contribution in [0.15, 0.2) is 36.4 Å². The van der Waals surface area contributed by atoms with Crippen LogP contribution in [0.3, 0.4) is 0 Å². The third-order valence-corrected chi connectivity index (χ3v) is 7.54. The van der Waals surface area contributed by atoms with Crippen molar-refractivity contribution in [1.29, 1.82) is 0 Å². The lowest BCUT2D eigenvalue weighted by molar-refractivity contribution is -0.143. The number of thiophene rings is 1. The van der Waals surface area contributed by atoms with E-state index in [9.17, 15) is 23.2 Å². The molecule has 0 saturated heterocycles. The van der Waals surface area contributed by atoms with Gasteiger partial charge in [0.15, 0.2) is 17.3 Å². The Hall–Kier alpha value is -3.04. The number of carboxylic acids is 1. The van der Waals surface area contributed by atoms with Crippen molar-refractivity contribution >= 4 is 50.7 Å². The minimum atomic E-state index is -0.886. The lowest BCUT2D eigenvalue weighted by Gasteiger charge is -2.27. The SMILES string of the molecule is O=C(NCCCC(=O)c1cc(F)c(OC2CCC(C(=O)O)CC2)cc1F)c1cc2ccc(Cl)cc2s1. The van der Waals surface area contributed by atoms with Gasteiger partial charge < -0.3 is 15.2 Å². The summed E-state index contributed by atoms with van der Waals surface area (Å²) in [6, 6.07) is 8.81. The van der Waals surface area contributed by atoms with Crippen molar-refractivity contribution in [1.82, 2.24) is 5.32 Å². The number of carbonyl (C=O) groups is 3. The molecule has 1 aliphatic rings. The summed E-state index contributed by atoms with van der Waals surface area (Å²) in [6.07, 6.45) is 1.46. The third kappa shape index (κ3) is 6.20. The zero-order valence-corrected chi connectivity index (χ0v) is 20.8. The van der Waals surface area contributed by atoms with Gasteiger partial charge in [0.1, 0.15) is 5.82 Å². The molecule has 1 heterocycles. The summed E-state index contributed by atoms with van der Waals surface area (Å²) in [5.41, 5.74) is -0.373. The van der Waals surface area contributed by atoms with E-state index in [4.69, 9.17) is 21.4 Å². The van der Waals surface area contributed by atoms with E-state index in [0.29, 0.717) is 35.6 Å². The number of hydrogen-bond donors (Lipinski definition) is 2. The zero-order valence-electron chi connectivity index (χ0n) is 19.2. The molecule has 4 rings (SSSR count). The van der Waals surface area contributed by atoms with Gasteiger partial charge in [-0.05, 0) is 61.8 Å². The molecule has 2 aromatic carbocycles. The number of Topliss-reactive ketones (excluding diaryl/α,β-unsaturated/α-hetero) is 1. The molecule has 1 amide bonds. The molecule has 0 bridgehead atoms. The van der Waals surface area contributed by atoms with Crippen molar-refractivity contribution in [2.75, 3.05) is 6.54 Å². The van der Waals surface area contributed by atoms with Gasteiger partial charge in [-0.25, -0.2) is 8.78 Å². The molecule has 0 unspecified atom stereocenters. The number of benzene rings is 2. The molecule has 1 fully saturated rings. The lowest BCUT2D eigenvalue weighted by atomic mass is 9.87. The van der Waals surface area contributed by atoms with Gasteiger partial charge >= 0.3 is 5.97 Å². The maximum atomic E-state index is 14.6. The minimum Gasteiger partial charge on any atom is -0.487 e. The summed E-state index contributed by atoms with van der Waals surface area (Å²) in [5.74, 6) is -4.19. The van der Waals surface area contributed by atoms with E-state index in [0.717, 1.165) is 22.2 Å². The Morgan fingerprint density at radius 3 is 2.53 bits per heavy atom. The van der Waals surface area contributed by atoms with Gasteiger partial charge in [0.05, 0.1) is 22.5 Å². The van der Waals surface area contributed by atoms with Crippen LogP contribution in [0.25, 0.3) is 10.1 Å². The van der Waals surface area contributed by atoms with E-state index in [1.807, 2.05) is 6.07 Å². The van der Waals surface area contributed by atoms with Gasteiger partial charge in [0.25, 0.3) is 5.91 Å². The Morgan fingerprint density at radius 2 is 1.81 bits per heavy atom. The van der Waals surface area contributed by atoms with E-state index >= 15 is 0 Å². The fourth-order valence-electron chi connectivity index (χ4n) is 4.23. The Balaban J connectivity index is 1.27. The molecule has 10 heteroatoms. The summed E-state index contributed by atoms with van der Waals surface area (Å²) in [5, 5.41) is 13.3. The van der Waals surface area contributed by atoms with Gasteiger partial charge in [-0.1, -0.05) is 17.7 Å². The molecule has 3 aromatic rings. The standard InChI is InChI=1S/C26H24ClF2NO5S/c27-16-6-3-15-10-24(36-23(15)11-16)25(32)30-9-1-2-21(31)18-12-20(29)22(13-19(18)28)35-17-7-4-14(5-8-17)26(33)34/h3,6,10-14,17H,1-2,4-5,7-9H2,(H,30,32)(H,33,34). The quantitative estimate of drug-likeness (QED) is 0.250. The maximum Gasteiger partial charge on any atom is 0.306 e. The number of ether oxygens (including phenoxy) is 1. The molecule has 1 aliphatic carbocycles. The summed E-state index contributed by atoms with van der Waals surface area (Å²) in [4.78, 5) is 36.4. The zero-order chi connectivity index (χ0) is 25.8. The first-order chi connectivity index (χ1) is 17.2. The lowest BCUT2D eigenvalue weighted by Crippen LogP contribution is -2.28. The van der Waals surface area contributed by atoms with Gasteiger partial charge in [-0.2, -0.15) is 0 Å². The van der Waals surface area contributed by atoms with Crippen LogP contribution in [0.1, 0.15) is 58.6 Å². The van der Waals surface area contributed by atoms with E-state index in [1.54, 1.807) is 18.2 Å². The Kier molecular flexibility index (Phi) is 8.21. The molecular formula is C26H24ClF2NO5S. The number of rotatable bonds is 9. The Morgan fingerprint density at radius 1 is 1.06 bits per heavy atom. The van der Waals surface area contributed by atoms with Crippen LogP contribution < -0.4 is 10.1 Å². The van der Waals surface area contributed by atoms with Crippen molar-refractivity contribution in [3.05, 3.63) is 63.5 Å². The molecule has 0 radical (unpaired) electrons. The minimum absolute atomic E-state index is 0.0714. The van der Waals surface area contributed by atoms with Crippen LogP contribution in [0, 0.1) is 17.6 Å². The molecule has 0 atom stereocenters. The highest BCUT2D eigenvalue weighted by Crippen LogP contribution is 2.31. The van der Waals surface area contributed by atoms with E-state index in [2.05, 4.69) is 5.32 Å². The normalized spacial score (nSPS) is 17.6. The highest BCUT2D eigenvalue weighted by molar-refractivity contribution is 7.20. The van der Waals surface area contributed by atoms with Crippen molar-refractivity contribution in [3.63, 3.8) is 0 Å². The summed E-state index contributed by atoms with van der Waals surface area (Å²) in [6.45, 7) is 0.198. The van der Waals surface area contributed by atoms with Crippen LogP contribution in [-0.2, 0) is 4.79 Å². The molecule has 1 aromatic heterocycles.